The number of hydrogen-bond donors (Lipinski definition) is 4. The van der Waals surface area contributed by atoms with Gasteiger partial charge in [0.05, 0.1) is 12.6 Å². The molecule has 1 fully saturated rings. The van der Waals surface area contributed by atoms with Gasteiger partial charge in [0.15, 0.2) is 0 Å². The molecule has 0 bridgehead atoms. The van der Waals surface area contributed by atoms with Crippen LogP contribution in [-0.4, -0.2) is 72.2 Å². The van der Waals surface area contributed by atoms with Crippen LogP contribution in [0.4, 0.5) is 0 Å². The van der Waals surface area contributed by atoms with Gasteiger partial charge in [-0.2, -0.15) is 0 Å². The lowest BCUT2D eigenvalue weighted by atomic mass is 10.0. The number of hydrogen-bond acceptors (Lipinski definition) is 7. The summed E-state index contributed by atoms with van der Waals surface area (Å²) in [4.78, 5) is 38.8. The summed E-state index contributed by atoms with van der Waals surface area (Å²) in [7, 11) is 0. The van der Waals surface area contributed by atoms with Crippen LogP contribution in [0.3, 0.4) is 0 Å². The summed E-state index contributed by atoms with van der Waals surface area (Å²) >= 11 is 0. The Morgan fingerprint density at radius 1 is 1.00 bits per heavy atom. The highest BCUT2D eigenvalue weighted by Crippen LogP contribution is 2.20. The zero-order valence-corrected chi connectivity index (χ0v) is 19.0. The van der Waals surface area contributed by atoms with Crippen LogP contribution in [0.5, 0.6) is 0 Å². The van der Waals surface area contributed by atoms with Crippen molar-refractivity contribution in [3.63, 3.8) is 0 Å². The first-order valence-corrected chi connectivity index (χ1v) is 11.8. The molecule has 1 amide bonds. The Hall–Kier alpha value is -1.71. The second-order valence-electron chi connectivity index (χ2n) is 8.18. The number of ether oxygens (including phenoxy) is 1. The van der Waals surface area contributed by atoms with E-state index in [2.05, 4.69) is 5.32 Å². The number of likely N-dealkylation sites (tertiary alicyclic amines) is 1. The number of unbranched alkanes of at least 4 members (excludes halogenated alkanes) is 5. The summed E-state index contributed by atoms with van der Waals surface area (Å²) < 4.78 is 5.23. The molecule has 0 unspecified atom stereocenters. The SMILES string of the molecule is CCOC(=O)[C@H](CCCCCCCN)N[C@@H](CCCCN)C(=O)N1CCC[C@H]1C(=O)O. The van der Waals surface area contributed by atoms with E-state index in [0.29, 0.717) is 45.3 Å². The molecule has 0 aliphatic carbocycles. The van der Waals surface area contributed by atoms with Crippen molar-refractivity contribution in [2.24, 2.45) is 11.5 Å². The average molecular weight is 443 g/mol. The number of amides is 1. The maximum atomic E-state index is 13.2. The van der Waals surface area contributed by atoms with Gasteiger partial charge < -0.3 is 26.2 Å². The summed E-state index contributed by atoms with van der Waals surface area (Å²) in [6.07, 6.45) is 8.64. The van der Waals surface area contributed by atoms with Crippen molar-refractivity contribution < 1.29 is 24.2 Å². The summed E-state index contributed by atoms with van der Waals surface area (Å²) in [6.45, 7) is 3.66. The fraction of sp³-hybridized carbons (Fsp3) is 0.864. The van der Waals surface area contributed by atoms with E-state index < -0.39 is 24.1 Å². The summed E-state index contributed by atoms with van der Waals surface area (Å²) in [5.41, 5.74) is 11.1. The molecule has 31 heavy (non-hydrogen) atoms. The molecule has 9 heteroatoms. The number of carbonyl (C=O) groups is 3. The molecule has 1 aliphatic rings. The Bertz CT molecular complexity index is 546. The van der Waals surface area contributed by atoms with Gasteiger partial charge in [-0.3, -0.25) is 14.9 Å². The molecular weight excluding hydrogens is 400 g/mol. The van der Waals surface area contributed by atoms with E-state index >= 15 is 0 Å². The van der Waals surface area contributed by atoms with Gasteiger partial charge in [0.25, 0.3) is 0 Å². The normalized spacial score (nSPS) is 18.0. The van der Waals surface area contributed by atoms with Gasteiger partial charge in [0.1, 0.15) is 12.1 Å². The minimum absolute atomic E-state index is 0.251. The van der Waals surface area contributed by atoms with E-state index in [4.69, 9.17) is 16.2 Å². The van der Waals surface area contributed by atoms with E-state index in [0.717, 1.165) is 44.9 Å². The van der Waals surface area contributed by atoms with Gasteiger partial charge in [0, 0.05) is 6.54 Å². The van der Waals surface area contributed by atoms with Crippen molar-refractivity contribution in [3.05, 3.63) is 0 Å². The second-order valence-corrected chi connectivity index (χ2v) is 8.18. The quantitative estimate of drug-likeness (QED) is 0.195. The number of carboxylic acids is 1. The molecule has 0 saturated carbocycles. The van der Waals surface area contributed by atoms with Crippen molar-refractivity contribution >= 4 is 17.8 Å². The van der Waals surface area contributed by atoms with E-state index in [1.165, 1.54) is 4.90 Å². The Morgan fingerprint density at radius 3 is 2.23 bits per heavy atom. The van der Waals surface area contributed by atoms with Crippen LogP contribution in [0, 0.1) is 0 Å². The first-order valence-electron chi connectivity index (χ1n) is 11.8. The third-order valence-electron chi connectivity index (χ3n) is 5.74. The third kappa shape index (κ3) is 9.97. The number of rotatable bonds is 17. The van der Waals surface area contributed by atoms with Crippen molar-refractivity contribution in [3.8, 4) is 0 Å². The molecule has 9 nitrogen and oxygen atoms in total. The van der Waals surface area contributed by atoms with Crippen molar-refractivity contribution in [1.82, 2.24) is 10.2 Å². The monoisotopic (exact) mass is 442 g/mol. The number of esters is 1. The molecule has 0 aromatic heterocycles. The molecule has 0 aromatic rings. The highest BCUT2D eigenvalue weighted by atomic mass is 16.5. The number of carbonyl (C=O) groups excluding carboxylic acids is 2. The average Bonchev–Trinajstić information content (AvgIpc) is 3.24. The molecule has 6 N–H and O–H groups in total. The van der Waals surface area contributed by atoms with E-state index in [-0.39, 0.29) is 18.5 Å². The predicted molar refractivity (Wildman–Crippen MR) is 119 cm³/mol. The topological polar surface area (TPSA) is 148 Å². The summed E-state index contributed by atoms with van der Waals surface area (Å²) in [6, 6.07) is -2.01. The van der Waals surface area contributed by atoms with E-state index in [9.17, 15) is 19.5 Å². The largest absolute Gasteiger partial charge is 0.480 e. The van der Waals surface area contributed by atoms with Crippen LogP contribution in [0.1, 0.15) is 77.6 Å². The zero-order chi connectivity index (χ0) is 23.1. The van der Waals surface area contributed by atoms with Crippen LogP contribution in [-0.2, 0) is 19.1 Å². The van der Waals surface area contributed by atoms with Gasteiger partial charge in [-0.05, 0) is 58.5 Å². The molecule has 1 heterocycles. The van der Waals surface area contributed by atoms with E-state index in [1.807, 2.05) is 0 Å². The molecule has 180 valence electrons. The second kappa shape index (κ2) is 16.0. The first kappa shape index (κ1) is 27.3. The minimum atomic E-state index is -0.981. The summed E-state index contributed by atoms with van der Waals surface area (Å²) in [5, 5.41) is 12.7. The minimum Gasteiger partial charge on any atom is -0.480 e. The zero-order valence-electron chi connectivity index (χ0n) is 19.0. The highest BCUT2D eigenvalue weighted by Gasteiger charge is 2.38. The van der Waals surface area contributed by atoms with Gasteiger partial charge in [-0.25, -0.2) is 4.79 Å². The number of nitrogens with one attached hydrogen (secondary N) is 1. The third-order valence-corrected chi connectivity index (χ3v) is 5.74. The lowest BCUT2D eigenvalue weighted by Gasteiger charge is -2.30. The molecule has 1 aliphatic heterocycles. The molecule has 3 atom stereocenters. The Balaban J connectivity index is 2.82. The fourth-order valence-corrected chi connectivity index (χ4v) is 4.04. The first-order chi connectivity index (χ1) is 15.0. The summed E-state index contributed by atoms with van der Waals surface area (Å²) in [5.74, 6) is -1.59. The number of nitrogens with two attached hydrogens (primary N) is 2. The lowest BCUT2D eigenvalue weighted by molar-refractivity contribution is -0.150. The van der Waals surface area contributed by atoms with Crippen LogP contribution in [0.15, 0.2) is 0 Å². The Kier molecular flexibility index (Phi) is 14.1. The van der Waals surface area contributed by atoms with Gasteiger partial charge in [-0.1, -0.05) is 32.1 Å². The number of carboxylic acid groups (broad SMARTS) is 1. The number of nitrogens with zero attached hydrogens (tertiary/aromatic N) is 1. The van der Waals surface area contributed by atoms with Crippen LogP contribution < -0.4 is 16.8 Å². The predicted octanol–water partition coefficient (Wildman–Crippen LogP) is 1.38. The van der Waals surface area contributed by atoms with Gasteiger partial charge in [0.2, 0.25) is 5.91 Å². The van der Waals surface area contributed by atoms with Crippen molar-refractivity contribution in [2.75, 3.05) is 26.2 Å². The van der Waals surface area contributed by atoms with Crippen LogP contribution >= 0.6 is 0 Å². The van der Waals surface area contributed by atoms with Gasteiger partial charge >= 0.3 is 11.9 Å². The maximum absolute atomic E-state index is 13.2. The molecule has 1 rings (SSSR count). The molecule has 1 saturated heterocycles. The smallest absolute Gasteiger partial charge is 0.326 e. The highest BCUT2D eigenvalue weighted by molar-refractivity contribution is 5.88. The lowest BCUT2D eigenvalue weighted by Crippen LogP contribution is -2.54. The molecule has 0 aromatic carbocycles. The molecule has 0 spiro atoms. The molecular formula is C22H42N4O5. The Labute approximate surface area is 186 Å². The van der Waals surface area contributed by atoms with Crippen LogP contribution in [0.2, 0.25) is 0 Å². The maximum Gasteiger partial charge on any atom is 0.326 e. The van der Waals surface area contributed by atoms with Crippen molar-refractivity contribution in [1.29, 1.82) is 0 Å². The van der Waals surface area contributed by atoms with Crippen LogP contribution in [0.25, 0.3) is 0 Å². The van der Waals surface area contributed by atoms with Crippen molar-refractivity contribution in [2.45, 2.75) is 95.7 Å². The van der Waals surface area contributed by atoms with Gasteiger partial charge in [-0.15, -0.1) is 0 Å². The number of aliphatic carboxylic acids is 1. The fourth-order valence-electron chi connectivity index (χ4n) is 4.04. The Morgan fingerprint density at radius 2 is 1.58 bits per heavy atom. The molecule has 0 radical (unpaired) electrons. The standard InChI is InChI=1S/C22H42N4O5/c1-2-31-22(30)18(12-6-4-3-5-8-14-23)25-17(11-7-9-15-24)20(27)26-16-10-13-19(26)21(28)29/h17-19,25H,2-16,23-24H2,1H3,(H,28,29)/t17-,18-,19-/m0/s1. The van der Waals surface area contributed by atoms with E-state index in [1.54, 1.807) is 6.92 Å².